The molecule has 0 radical (unpaired) electrons. The second kappa shape index (κ2) is 9.38. The number of carbonyl (C=O) groups excluding carboxylic acids is 1. The third-order valence-electron chi connectivity index (χ3n) is 3.65. The number of nitrogens with zero attached hydrogens (tertiary/aromatic N) is 2. The molecule has 0 N–H and O–H groups in total. The van der Waals surface area contributed by atoms with E-state index in [9.17, 15) is 4.79 Å². The van der Waals surface area contributed by atoms with Gasteiger partial charge in [-0.15, -0.1) is 0 Å². The summed E-state index contributed by atoms with van der Waals surface area (Å²) in [5.74, 6) is 0.921. The Bertz CT molecular complexity index is 433. The summed E-state index contributed by atoms with van der Waals surface area (Å²) < 4.78 is 16.3. The Morgan fingerprint density at radius 1 is 1.32 bits per heavy atom. The number of likely N-dealkylation sites (tertiary alicyclic amines) is 1. The smallest absolute Gasteiger partial charge is 0.224 e. The van der Waals surface area contributed by atoms with Crippen LogP contribution < -0.4 is 4.74 Å². The van der Waals surface area contributed by atoms with Gasteiger partial charge in [0.25, 0.3) is 0 Å². The molecule has 1 fully saturated rings. The molecule has 0 aromatic carbocycles. The van der Waals surface area contributed by atoms with E-state index in [1.807, 2.05) is 17.0 Å². The first kappa shape index (κ1) is 16.7. The summed E-state index contributed by atoms with van der Waals surface area (Å²) in [4.78, 5) is 17.7. The molecule has 22 heavy (non-hydrogen) atoms. The van der Waals surface area contributed by atoms with Gasteiger partial charge in [0.2, 0.25) is 5.91 Å². The number of rotatable bonds is 8. The zero-order valence-corrected chi connectivity index (χ0v) is 13.1. The fourth-order valence-electron chi connectivity index (χ4n) is 2.43. The second-order valence-electron chi connectivity index (χ2n) is 5.23. The summed E-state index contributed by atoms with van der Waals surface area (Å²) in [6.45, 7) is 3.07. The number of amides is 1. The number of carbonyl (C=O) groups is 1. The lowest BCUT2D eigenvalue weighted by atomic mass is 10.1. The van der Waals surface area contributed by atoms with E-state index in [-0.39, 0.29) is 12.0 Å². The third-order valence-corrected chi connectivity index (χ3v) is 3.65. The zero-order chi connectivity index (χ0) is 15.6. The highest BCUT2D eigenvalue weighted by atomic mass is 16.5. The van der Waals surface area contributed by atoms with Crippen LogP contribution in [-0.2, 0) is 14.3 Å². The lowest BCUT2D eigenvalue weighted by molar-refractivity contribution is -0.134. The molecule has 0 spiro atoms. The van der Waals surface area contributed by atoms with E-state index >= 15 is 0 Å². The lowest BCUT2D eigenvalue weighted by Gasteiger charge is -2.32. The Balaban J connectivity index is 1.56. The third kappa shape index (κ3) is 5.61. The lowest BCUT2D eigenvalue weighted by Crippen LogP contribution is -2.41. The fourth-order valence-corrected chi connectivity index (χ4v) is 2.43. The Morgan fingerprint density at radius 3 is 2.82 bits per heavy atom. The van der Waals surface area contributed by atoms with Crippen LogP contribution in [0, 0.1) is 0 Å². The van der Waals surface area contributed by atoms with Crippen LogP contribution in [0.1, 0.15) is 19.3 Å². The molecule has 2 rings (SSSR count). The number of pyridine rings is 1. The van der Waals surface area contributed by atoms with E-state index in [1.165, 1.54) is 0 Å². The van der Waals surface area contributed by atoms with Gasteiger partial charge in [-0.25, -0.2) is 0 Å². The number of hydrogen-bond donors (Lipinski definition) is 0. The van der Waals surface area contributed by atoms with Gasteiger partial charge in [0.1, 0.15) is 12.4 Å². The molecule has 0 saturated carbocycles. The SMILES string of the molecule is COCCC(=O)N1CCC(OCCOc2cccnc2)CC1. The van der Waals surface area contributed by atoms with Crippen molar-refractivity contribution < 1.29 is 19.0 Å². The van der Waals surface area contributed by atoms with Gasteiger partial charge < -0.3 is 19.1 Å². The largest absolute Gasteiger partial charge is 0.490 e. The van der Waals surface area contributed by atoms with Gasteiger partial charge >= 0.3 is 0 Å². The molecule has 1 aliphatic heterocycles. The molecule has 1 aromatic heterocycles. The summed E-state index contributed by atoms with van der Waals surface area (Å²) in [5, 5.41) is 0. The summed E-state index contributed by atoms with van der Waals surface area (Å²) in [5.41, 5.74) is 0. The monoisotopic (exact) mass is 308 g/mol. The summed E-state index contributed by atoms with van der Waals surface area (Å²) in [7, 11) is 1.61. The summed E-state index contributed by atoms with van der Waals surface area (Å²) in [6, 6.07) is 3.71. The molecule has 6 heteroatoms. The average molecular weight is 308 g/mol. The molecular weight excluding hydrogens is 284 g/mol. The molecule has 2 heterocycles. The Hall–Kier alpha value is -1.66. The first-order chi connectivity index (χ1) is 10.8. The number of aromatic nitrogens is 1. The highest BCUT2D eigenvalue weighted by Gasteiger charge is 2.22. The van der Waals surface area contributed by atoms with Gasteiger partial charge in [-0.1, -0.05) is 0 Å². The van der Waals surface area contributed by atoms with Crippen molar-refractivity contribution in [2.75, 3.05) is 40.0 Å². The van der Waals surface area contributed by atoms with Crippen LogP contribution in [0.5, 0.6) is 5.75 Å². The number of hydrogen-bond acceptors (Lipinski definition) is 5. The molecule has 0 unspecified atom stereocenters. The summed E-state index contributed by atoms with van der Waals surface area (Å²) in [6.07, 6.45) is 5.83. The maximum absolute atomic E-state index is 11.9. The van der Waals surface area contributed by atoms with Gasteiger partial charge in [-0.05, 0) is 25.0 Å². The van der Waals surface area contributed by atoms with Crippen LogP contribution in [0.2, 0.25) is 0 Å². The van der Waals surface area contributed by atoms with Gasteiger partial charge in [0, 0.05) is 26.4 Å². The van der Waals surface area contributed by atoms with Crippen molar-refractivity contribution in [2.45, 2.75) is 25.4 Å². The van der Waals surface area contributed by atoms with Crippen LogP contribution in [-0.4, -0.2) is 61.9 Å². The van der Waals surface area contributed by atoms with E-state index in [1.54, 1.807) is 19.5 Å². The van der Waals surface area contributed by atoms with Crippen LogP contribution in [0.25, 0.3) is 0 Å². The van der Waals surface area contributed by atoms with Crippen LogP contribution in [0.3, 0.4) is 0 Å². The maximum Gasteiger partial charge on any atom is 0.224 e. The van der Waals surface area contributed by atoms with Gasteiger partial charge in [0.05, 0.1) is 31.9 Å². The molecule has 0 atom stereocenters. The number of ether oxygens (including phenoxy) is 3. The van der Waals surface area contributed by atoms with E-state index in [2.05, 4.69) is 4.98 Å². The minimum atomic E-state index is 0.167. The first-order valence-electron chi connectivity index (χ1n) is 7.70. The molecule has 1 aromatic rings. The molecular formula is C16H24N2O4. The van der Waals surface area contributed by atoms with Crippen LogP contribution in [0.15, 0.2) is 24.5 Å². The number of piperidine rings is 1. The minimum absolute atomic E-state index is 0.167. The quantitative estimate of drug-likeness (QED) is 0.681. The average Bonchev–Trinajstić information content (AvgIpc) is 2.58. The zero-order valence-electron chi connectivity index (χ0n) is 13.1. The van der Waals surface area contributed by atoms with Crippen molar-refractivity contribution in [2.24, 2.45) is 0 Å². The standard InChI is InChI=1S/C16H24N2O4/c1-20-10-6-16(19)18-8-4-14(5-9-18)21-11-12-22-15-3-2-7-17-13-15/h2-3,7,13-14H,4-6,8-12H2,1H3. The topological polar surface area (TPSA) is 60.9 Å². The molecule has 0 aliphatic carbocycles. The first-order valence-corrected chi connectivity index (χ1v) is 7.70. The Morgan fingerprint density at radius 2 is 2.14 bits per heavy atom. The minimum Gasteiger partial charge on any atom is -0.490 e. The van der Waals surface area contributed by atoms with Crippen LogP contribution >= 0.6 is 0 Å². The van der Waals surface area contributed by atoms with Crippen molar-refractivity contribution in [3.8, 4) is 5.75 Å². The van der Waals surface area contributed by atoms with Crippen molar-refractivity contribution >= 4 is 5.91 Å². The van der Waals surface area contributed by atoms with Crippen molar-refractivity contribution in [3.05, 3.63) is 24.5 Å². The van der Waals surface area contributed by atoms with Crippen molar-refractivity contribution in [1.29, 1.82) is 0 Å². The number of methoxy groups -OCH3 is 1. The highest BCUT2D eigenvalue weighted by molar-refractivity contribution is 5.76. The molecule has 6 nitrogen and oxygen atoms in total. The second-order valence-corrected chi connectivity index (χ2v) is 5.23. The predicted molar refractivity (Wildman–Crippen MR) is 81.8 cm³/mol. The Labute approximate surface area is 131 Å². The van der Waals surface area contributed by atoms with Crippen molar-refractivity contribution in [3.63, 3.8) is 0 Å². The Kier molecular flexibility index (Phi) is 7.12. The van der Waals surface area contributed by atoms with Gasteiger partial charge in [-0.2, -0.15) is 0 Å². The van der Waals surface area contributed by atoms with Crippen LogP contribution in [0.4, 0.5) is 0 Å². The predicted octanol–water partition coefficient (Wildman–Crippen LogP) is 1.50. The molecule has 1 saturated heterocycles. The fraction of sp³-hybridized carbons (Fsp3) is 0.625. The highest BCUT2D eigenvalue weighted by Crippen LogP contribution is 2.15. The van der Waals surface area contributed by atoms with E-state index < -0.39 is 0 Å². The summed E-state index contributed by atoms with van der Waals surface area (Å²) >= 11 is 0. The molecule has 1 aliphatic rings. The normalized spacial score (nSPS) is 15.8. The van der Waals surface area contributed by atoms with E-state index in [0.29, 0.717) is 26.2 Å². The molecule has 0 bridgehead atoms. The van der Waals surface area contributed by atoms with E-state index in [0.717, 1.165) is 31.7 Å². The van der Waals surface area contributed by atoms with Gasteiger partial charge in [0.15, 0.2) is 0 Å². The van der Waals surface area contributed by atoms with Gasteiger partial charge in [-0.3, -0.25) is 9.78 Å². The maximum atomic E-state index is 11.9. The van der Waals surface area contributed by atoms with Crippen molar-refractivity contribution in [1.82, 2.24) is 9.88 Å². The molecule has 122 valence electrons. The van der Waals surface area contributed by atoms with E-state index in [4.69, 9.17) is 14.2 Å². The molecule has 1 amide bonds.